The Morgan fingerprint density at radius 1 is 1.28 bits per heavy atom. The fourth-order valence-electron chi connectivity index (χ4n) is 2.85. The maximum atomic E-state index is 10.2. The summed E-state index contributed by atoms with van der Waals surface area (Å²) in [4.78, 5) is 12.8. The molecule has 5 N–H and O–H groups in total. The van der Waals surface area contributed by atoms with E-state index in [-0.39, 0.29) is 11.8 Å². The zero-order valence-corrected chi connectivity index (χ0v) is 13.3. The summed E-state index contributed by atoms with van der Waals surface area (Å²) >= 11 is 0. The van der Waals surface area contributed by atoms with Crippen molar-refractivity contribution in [2.24, 2.45) is 0 Å². The molecule has 1 aliphatic heterocycles. The highest BCUT2D eigenvalue weighted by atomic mass is 16.6. The zero-order valence-electron chi connectivity index (χ0n) is 13.3. The van der Waals surface area contributed by atoms with Gasteiger partial charge in [0.15, 0.2) is 17.7 Å². The van der Waals surface area contributed by atoms with Crippen molar-refractivity contribution in [1.29, 1.82) is 0 Å². The van der Waals surface area contributed by atoms with Gasteiger partial charge >= 0.3 is 0 Å². The third-order valence-electron chi connectivity index (χ3n) is 4.14. The van der Waals surface area contributed by atoms with E-state index in [0.29, 0.717) is 11.2 Å². The number of ether oxygens (including phenoxy) is 1. The van der Waals surface area contributed by atoms with E-state index in [0.717, 1.165) is 5.56 Å². The number of nitrogens with two attached hydrogens (primary N) is 1. The minimum Gasteiger partial charge on any atom is -0.394 e. The molecule has 4 heterocycles. The Kier molecular flexibility index (Phi) is 3.65. The number of fused-ring (bicyclic) bond motifs is 1. The van der Waals surface area contributed by atoms with E-state index in [4.69, 9.17) is 10.5 Å². The van der Waals surface area contributed by atoms with E-state index in [1.54, 1.807) is 12.4 Å². The quantitative estimate of drug-likeness (QED) is 0.443. The van der Waals surface area contributed by atoms with Crippen molar-refractivity contribution in [3.8, 4) is 5.95 Å². The Balaban J connectivity index is 1.82. The molecular weight excluding hydrogens is 330 g/mol. The monoisotopic (exact) mass is 347 g/mol. The Morgan fingerprint density at radius 2 is 2.08 bits per heavy atom. The van der Waals surface area contributed by atoms with E-state index in [1.807, 2.05) is 6.92 Å². The van der Waals surface area contributed by atoms with Crippen LogP contribution in [-0.4, -0.2) is 69.5 Å². The van der Waals surface area contributed by atoms with Crippen LogP contribution in [0.4, 0.5) is 5.82 Å². The molecule has 11 heteroatoms. The number of aliphatic hydroxyl groups is 3. The third kappa shape index (κ3) is 2.44. The first-order valence-electron chi connectivity index (χ1n) is 7.63. The Labute approximate surface area is 141 Å². The van der Waals surface area contributed by atoms with Crippen LogP contribution in [0, 0.1) is 6.92 Å². The van der Waals surface area contributed by atoms with Crippen LogP contribution in [-0.2, 0) is 4.74 Å². The normalized spacial score (nSPS) is 26.6. The van der Waals surface area contributed by atoms with Crippen LogP contribution in [0.3, 0.4) is 0 Å². The van der Waals surface area contributed by atoms with Crippen molar-refractivity contribution < 1.29 is 20.1 Å². The Hall–Kier alpha value is -2.60. The van der Waals surface area contributed by atoms with E-state index in [1.165, 1.54) is 15.6 Å². The molecule has 4 rings (SSSR count). The van der Waals surface area contributed by atoms with Crippen LogP contribution in [0.1, 0.15) is 11.8 Å². The van der Waals surface area contributed by atoms with Gasteiger partial charge in [-0.05, 0) is 12.5 Å². The maximum absolute atomic E-state index is 10.2. The molecular formula is C14H17N7O4. The average Bonchev–Trinajstić information content (AvgIpc) is 3.27. The van der Waals surface area contributed by atoms with Gasteiger partial charge in [-0.3, -0.25) is 4.57 Å². The van der Waals surface area contributed by atoms with Gasteiger partial charge in [0, 0.05) is 6.20 Å². The highest BCUT2D eigenvalue weighted by molar-refractivity contribution is 5.82. The Morgan fingerprint density at radius 3 is 2.72 bits per heavy atom. The minimum absolute atomic E-state index is 0.152. The lowest BCUT2D eigenvalue weighted by Gasteiger charge is -2.16. The number of hydrogen-bond acceptors (Lipinski definition) is 9. The molecule has 3 aromatic heterocycles. The first kappa shape index (κ1) is 15.9. The molecule has 1 saturated heterocycles. The molecule has 0 aliphatic carbocycles. The largest absolute Gasteiger partial charge is 0.394 e. The van der Waals surface area contributed by atoms with Gasteiger partial charge in [-0.15, -0.1) is 0 Å². The molecule has 25 heavy (non-hydrogen) atoms. The van der Waals surface area contributed by atoms with Crippen LogP contribution in [0.15, 0.2) is 18.7 Å². The molecule has 1 fully saturated rings. The molecule has 0 amide bonds. The van der Waals surface area contributed by atoms with Gasteiger partial charge in [0.05, 0.1) is 19.1 Å². The van der Waals surface area contributed by atoms with Gasteiger partial charge in [-0.25, -0.2) is 9.67 Å². The lowest BCUT2D eigenvalue weighted by Crippen LogP contribution is -2.33. The molecule has 3 aromatic rings. The number of nitrogens with zero attached hydrogens (tertiary/aromatic N) is 6. The van der Waals surface area contributed by atoms with E-state index < -0.39 is 31.1 Å². The molecule has 4 atom stereocenters. The fourth-order valence-corrected chi connectivity index (χ4v) is 2.85. The maximum Gasteiger partial charge on any atom is 0.254 e. The first-order valence-corrected chi connectivity index (χ1v) is 7.63. The van der Waals surface area contributed by atoms with E-state index in [2.05, 4.69) is 20.1 Å². The summed E-state index contributed by atoms with van der Waals surface area (Å²) in [6.45, 7) is 1.46. The van der Waals surface area contributed by atoms with Crippen molar-refractivity contribution in [2.75, 3.05) is 12.3 Å². The second-order valence-corrected chi connectivity index (χ2v) is 5.92. The molecule has 0 spiro atoms. The van der Waals surface area contributed by atoms with Crippen LogP contribution >= 0.6 is 0 Å². The summed E-state index contributed by atoms with van der Waals surface area (Å²) in [5, 5.41) is 33.6. The number of hydrogen-bond donors (Lipinski definition) is 4. The van der Waals surface area contributed by atoms with Crippen LogP contribution in [0.5, 0.6) is 0 Å². The summed E-state index contributed by atoms with van der Waals surface area (Å²) in [6, 6.07) is 0. The second-order valence-electron chi connectivity index (χ2n) is 5.92. The van der Waals surface area contributed by atoms with Crippen molar-refractivity contribution in [3.05, 3.63) is 24.3 Å². The standard InChI is InChI=1S/C14H17N7O4/c1-6-2-17-21(3-6)14-18-11(15)8-12(19-14)20(5-16-8)13-10(24)9(23)7(4-22)25-13/h2-3,5,7,9-10,13,22-24H,4H2,1H3,(H2,15,18,19). The van der Waals surface area contributed by atoms with Gasteiger partial charge < -0.3 is 25.8 Å². The number of aromatic nitrogens is 6. The van der Waals surface area contributed by atoms with Crippen LogP contribution in [0.2, 0.25) is 0 Å². The summed E-state index contributed by atoms with van der Waals surface area (Å²) in [5.74, 6) is 0.394. The summed E-state index contributed by atoms with van der Waals surface area (Å²) in [7, 11) is 0. The highest BCUT2D eigenvalue weighted by Crippen LogP contribution is 2.32. The fraction of sp³-hybridized carbons (Fsp3) is 0.429. The zero-order chi connectivity index (χ0) is 17.7. The van der Waals surface area contributed by atoms with Crippen LogP contribution < -0.4 is 5.73 Å². The molecule has 0 radical (unpaired) electrons. The second kappa shape index (κ2) is 5.74. The highest BCUT2D eigenvalue weighted by Gasteiger charge is 2.44. The average molecular weight is 347 g/mol. The summed E-state index contributed by atoms with van der Waals surface area (Å²) < 4.78 is 8.45. The van der Waals surface area contributed by atoms with E-state index >= 15 is 0 Å². The molecule has 1 aliphatic rings. The lowest BCUT2D eigenvalue weighted by atomic mass is 10.1. The van der Waals surface area contributed by atoms with Crippen molar-refractivity contribution >= 4 is 17.0 Å². The van der Waals surface area contributed by atoms with Gasteiger partial charge in [0.2, 0.25) is 0 Å². The molecule has 0 bridgehead atoms. The molecule has 0 saturated carbocycles. The summed E-state index contributed by atoms with van der Waals surface area (Å²) in [6.07, 6.45) is 0.472. The number of rotatable bonds is 3. The lowest BCUT2D eigenvalue weighted by molar-refractivity contribution is -0.0511. The van der Waals surface area contributed by atoms with Crippen molar-refractivity contribution in [3.63, 3.8) is 0 Å². The first-order chi connectivity index (χ1) is 12.0. The van der Waals surface area contributed by atoms with Crippen molar-refractivity contribution in [2.45, 2.75) is 31.5 Å². The topological polar surface area (TPSA) is 157 Å². The SMILES string of the molecule is Cc1cnn(-c2nc(N)c3ncn(C4OC(CO)C(O)C4O)c3n2)c1. The van der Waals surface area contributed by atoms with Gasteiger partial charge in [0.1, 0.15) is 23.8 Å². The number of aryl methyl sites for hydroxylation is 1. The number of anilines is 1. The predicted octanol–water partition coefficient (Wildman–Crippen LogP) is -1.49. The minimum atomic E-state index is -1.25. The van der Waals surface area contributed by atoms with Crippen molar-refractivity contribution in [1.82, 2.24) is 29.3 Å². The third-order valence-corrected chi connectivity index (χ3v) is 4.14. The molecule has 132 valence electrons. The molecule has 0 aromatic carbocycles. The summed E-state index contributed by atoms with van der Waals surface area (Å²) in [5.41, 5.74) is 7.56. The van der Waals surface area contributed by atoms with Gasteiger partial charge in [-0.1, -0.05) is 0 Å². The molecule has 11 nitrogen and oxygen atoms in total. The number of imidazole rings is 1. The number of nitrogen functional groups attached to an aromatic ring is 1. The molecule has 4 unspecified atom stereocenters. The number of aliphatic hydroxyl groups excluding tert-OH is 3. The smallest absolute Gasteiger partial charge is 0.254 e. The predicted molar refractivity (Wildman–Crippen MR) is 84.6 cm³/mol. The van der Waals surface area contributed by atoms with Crippen LogP contribution in [0.25, 0.3) is 17.1 Å². The van der Waals surface area contributed by atoms with E-state index in [9.17, 15) is 15.3 Å². The Bertz CT molecular complexity index is 923. The van der Waals surface area contributed by atoms with Gasteiger partial charge in [-0.2, -0.15) is 15.1 Å². The van der Waals surface area contributed by atoms with Gasteiger partial charge in [0.25, 0.3) is 5.95 Å².